The van der Waals surface area contributed by atoms with E-state index in [1.807, 2.05) is 6.92 Å². The quantitative estimate of drug-likeness (QED) is 0.568. The minimum absolute atomic E-state index is 0.0455. The van der Waals surface area contributed by atoms with Crippen LogP contribution in [0.4, 0.5) is 0 Å². The Balaban J connectivity index is 3.60. The predicted molar refractivity (Wildman–Crippen MR) is 40.1 cm³/mol. The first-order valence-corrected chi connectivity index (χ1v) is 4.32. The van der Waals surface area contributed by atoms with Crippen molar-refractivity contribution < 1.29 is 4.21 Å². The molecule has 2 atom stereocenters. The fourth-order valence-corrected chi connectivity index (χ4v) is 1.07. The fourth-order valence-electron chi connectivity index (χ4n) is 0.436. The second-order valence-corrected chi connectivity index (χ2v) is 2.84. The summed E-state index contributed by atoms with van der Waals surface area (Å²) in [5.74, 6) is 2.48. The number of hydrogen-bond donors (Lipinski definition) is 1. The molecule has 0 saturated carbocycles. The number of rotatable bonds is 3. The molecule has 0 saturated heterocycles. The van der Waals surface area contributed by atoms with E-state index in [2.05, 4.69) is 10.6 Å². The normalized spacial score (nSPS) is 16.1. The summed E-state index contributed by atoms with van der Waals surface area (Å²) in [6, 6.07) is -0.0455. The van der Waals surface area contributed by atoms with Crippen LogP contribution in [-0.4, -0.2) is 16.5 Å². The number of hydrogen-bond acceptors (Lipinski definition) is 1. The summed E-state index contributed by atoms with van der Waals surface area (Å²) in [4.78, 5) is 0. The summed E-state index contributed by atoms with van der Waals surface area (Å²) >= 11 is 0. The monoisotopic (exact) mass is 145 g/mol. The Morgan fingerprint density at radius 2 is 2.44 bits per heavy atom. The standard InChI is InChI=1S/C6H11NOS/c1-4-6(5-2)7-9(3)8/h1,6-7H,5H2,2-3H3. The molecule has 0 aromatic rings. The molecule has 0 heterocycles. The first-order valence-electron chi connectivity index (χ1n) is 2.76. The van der Waals surface area contributed by atoms with Gasteiger partial charge < -0.3 is 0 Å². The highest BCUT2D eigenvalue weighted by Gasteiger charge is 1.99. The topological polar surface area (TPSA) is 29.1 Å². The van der Waals surface area contributed by atoms with Gasteiger partial charge in [0, 0.05) is 6.26 Å². The van der Waals surface area contributed by atoms with Crippen molar-refractivity contribution in [3.8, 4) is 12.3 Å². The molecule has 0 aromatic carbocycles. The molecule has 52 valence electrons. The third kappa shape index (κ3) is 4.19. The Morgan fingerprint density at radius 3 is 2.56 bits per heavy atom. The Hall–Kier alpha value is -0.330. The summed E-state index contributed by atoms with van der Waals surface area (Å²) in [5.41, 5.74) is 0. The molecule has 0 amide bonds. The van der Waals surface area contributed by atoms with Gasteiger partial charge >= 0.3 is 0 Å². The summed E-state index contributed by atoms with van der Waals surface area (Å²) in [6.07, 6.45) is 7.47. The van der Waals surface area contributed by atoms with Crippen LogP contribution in [0.3, 0.4) is 0 Å². The maximum atomic E-state index is 10.5. The lowest BCUT2D eigenvalue weighted by Gasteiger charge is -2.05. The lowest BCUT2D eigenvalue weighted by molar-refractivity contribution is 0.660. The molecule has 0 radical (unpaired) electrons. The fraction of sp³-hybridized carbons (Fsp3) is 0.667. The van der Waals surface area contributed by atoms with Gasteiger partial charge in [0.25, 0.3) is 0 Å². The first-order chi connectivity index (χ1) is 4.20. The third-order valence-corrected chi connectivity index (χ3v) is 1.53. The summed E-state index contributed by atoms with van der Waals surface area (Å²) in [7, 11) is -0.988. The van der Waals surface area contributed by atoms with Gasteiger partial charge in [-0.2, -0.15) is 0 Å². The van der Waals surface area contributed by atoms with Crippen LogP contribution in [0.25, 0.3) is 0 Å². The van der Waals surface area contributed by atoms with E-state index in [0.717, 1.165) is 6.42 Å². The minimum atomic E-state index is -0.988. The minimum Gasteiger partial charge on any atom is -0.243 e. The van der Waals surface area contributed by atoms with Crippen LogP contribution < -0.4 is 4.72 Å². The van der Waals surface area contributed by atoms with Gasteiger partial charge in [0.2, 0.25) is 0 Å². The van der Waals surface area contributed by atoms with Crippen LogP contribution in [0.5, 0.6) is 0 Å². The highest BCUT2D eigenvalue weighted by Crippen LogP contribution is 1.86. The molecule has 0 aliphatic carbocycles. The Kier molecular flexibility index (Phi) is 4.37. The van der Waals surface area contributed by atoms with Crippen molar-refractivity contribution in [2.45, 2.75) is 19.4 Å². The lowest BCUT2D eigenvalue weighted by Crippen LogP contribution is -2.27. The molecule has 0 aliphatic heterocycles. The van der Waals surface area contributed by atoms with Crippen LogP contribution in [0, 0.1) is 12.3 Å². The lowest BCUT2D eigenvalue weighted by atomic mass is 10.3. The number of terminal acetylenes is 1. The first kappa shape index (κ1) is 8.67. The SMILES string of the molecule is C#CC(CC)NS(C)=O. The van der Waals surface area contributed by atoms with Crippen LogP contribution in [0.15, 0.2) is 0 Å². The van der Waals surface area contributed by atoms with E-state index in [0.29, 0.717) is 0 Å². The molecular formula is C6H11NOS. The third-order valence-electron chi connectivity index (χ3n) is 0.918. The second-order valence-electron chi connectivity index (χ2n) is 1.70. The van der Waals surface area contributed by atoms with Gasteiger partial charge in [0.1, 0.15) is 0 Å². The molecule has 0 rings (SSSR count). The van der Waals surface area contributed by atoms with Gasteiger partial charge in [0.15, 0.2) is 0 Å². The number of nitrogens with one attached hydrogen (secondary N) is 1. The van der Waals surface area contributed by atoms with Crippen molar-refractivity contribution in [2.75, 3.05) is 6.26 Å². The largest absolute Gasteiger partial charge is 0.243 e. The van der Waals surface area contributed by atoms with E-state index < -0.39 is 11.0 Å². The van der Waals surface area contributed by atoms with Crippen molar-refractivity contribution in [1.82, 2.24) is 4.72 Å². The Bertz CT molecular complexity index is 138. The van der Waals surface area contributed by atoms with Gasteiger partial charge in [0.05, 0.1) is 17.0 Å². The van der Waals surface area contributed by atoms with Gasteiger partial charge in [-0.25, -0.2) is 8.93 Å². The van der Waals surface area contributed by atoms with E-state index in [4.69, 9.17) is 6.42 Å². The highest BCUT2D eigenvalue weighted by molar-refractivity contribution is 7.82. The zero-order valence-electron chi connectivity index (χ0n) is 5.68. The van der Waals surface area contributed by atoms with Gasteiger partial charge in [-0.3, -0.25) is 0 Å². The van der Waals surface area contributed by atoms with Crippen LogP contribution in [0.2, 0.25) is 0 Å². The summed E-state index contributed by atoms with van der Waals surface area (Å²) in [5, 5.41) is 0. The van der Waals surface area contributed by atoms with Gasteiger partial charge in [-0.05, 0) is 6.42 Å². The van der Waals surface area contributed by atoms with Crippen molar-refractivity contribution in [2.24, 2.45) is 0 Å². The van der Waals surface area contributed by atoms with Crippen LogP contribution in [0.1, 0.15) is 13.3 Å². The van der Waals surface area contributed by atoms with Gasteiger partial charge in [-0.15, -0.1) is 6.42 Å². The molecule has 0 spiro atoms. The Labute approximate surface area is 58.6 Å². The van der Waals surface area contributed by atoms with Crippen LogP contribution >= 0.6 is 0 Å². The molecular weight excluding hydrogens is 134 g/mol. The molecule has 0 aliphatic rings. The van der Waals surface area contributed by atoms with E-state index in [1.54, 1.807) is 6.26 Å². The van der Waals surface area contributed by atoms with Crippen molar-refractivity contribution in [1.29, 1.82) is 0 Å². The van der Waals surface area contributed by atoms with Crippen molar-refractivity contribution in [3.63, 3.8) is 0 Å². The molecule has 2 nitrogen and oxygen atoms in total. The Morgan fingerprint density at radius 1 is 1.89 bits per heavy atom. The maximum Gasteiger partial charge on any atom is 0.0894 e. The van der Waals surface area contributed by atoms with Crippen molar-refractivity contribution in [3.05, 3.63) is 0 Å². The van der Waals surface area contributed by atoms with E-state index in [-0.39, 0.29) is 6.04 Å². The van der Waals surface area contributed by atoms with E-state index in [9.17, 15) is 4.21 Å². The average Bonchev–Trinajstić information content (AvgIpc) is 1.82. The molecule has 9 heavy (non-hydrogen) atoms. The summed E-state index contributed by atoms with van der Waals surface area (Å²) in [6.45, 7) is 1.95. The smallest absolute Gasteiger partial charge is 0.0894 e. The molecule has 3 heteroatoms. The molecule has 0 fully saturated rings. The average molecular weight is 145 g/mol. The van der Waals surface area contributed by atoms with Gasteiger partial charge in [-0.1, -0.05) is 12.8 Å². The molecule has 2 unspecified atom stereocenters. The maximum absolute atomic E-state index is 10.5. The zero-order chi connectivity index (χ0) is 7.28. The second kappa shape index (κ2) is 4.54. The summed E-state index contributed by atoms with van der Waals surface area (Å²) < 4.78 is 13.2. The van der Waals surface area contributed by atoms with E-state index in [1.165, 1.54) is 0 Å². The molecule has 0 aromatic heterocycles. The highest BCUT2D eigenvalue weighted by atomic mass is 32.2. The van der Waals surface area contributed by atoms with Crippen LogP contribution in [-0.2, 0) is 11.0 Å². The van der Waals surface area contributed by atoms with Crippen molar-refractivity contribution >= 4 is 11.0 Å². The zero-order valence-corrected chi connectivity index (χ0v) is 6.49. The predicted octanol–water partition coefficient (Wildman–Crippen LogP) is 0.281. The molecule has 1 N–H and O–H groups in total. The van der Waals surface area contributed by atoms with E-state index >= 15 is 0 Å². The molecule has 0 bridgehead atoms.